The van der Waals surface area contributed by atoms with Crippen LogP contribution in [0, 0.1) is 5.41 Å². The quantitative estimate of drug-likeness (QED) is 0.691. The molecule has 0 bridgehead atoms. The average Bonchev–Trinajstić information content (AvgIpc) is 2.56. The summed E-state index contributed by atoms with van der Waals surface area (Å²) in [6, 6.07) is 0. The summed E-state index contributed by atoms with van der Waals surface area (Å²) in [6.45, 7) is 4.63. The highest BCUT2D eigenvalue weighted by Gasteiger charge is 2.38. The number of alkyl halides is 1. The number of rotatable bonds is 1. The van der Waals surface area contributed by atoms with Crippen molar-refractivity contribution in [1.82, 2.24) is 15.0 Å². The van der Waals surface area contributed by atoms with Crippen LogP contribution in [-0.2, 0) is 7.05 Å². The molecule has 0 aromatic carbocycles. The van der Waals surface area contributed by atoms with E-state index in [0.717, 1.165) is 12.8 Å². The zero-order valence-electron chi connectivity index (χ0n) is 9.57. The van der Waals surface area contributed by atoms with Crippen molar-refractivity contribution in [1.29, 1.82) is 0 Å². The van der Waals surface area contributed by atoms with Gasteiger partial charge in [-0.25, -0.2) is 0 Å². The monoisotopic (exact) mass is 227 g/mol. The van der Waals surface area contributed by atoms with Gasteiger partial charge in [0.1, 0.15) is 0 Å². The highest BCUT2D eigenvalue weighted by molar-refractivity contribution is 6.20. The van der Waals surface area contributed by atoms with Gasteiger partial charge in [0.25, 0.3) is 0 Å². The number of nitrogens with zero attached hydrogens (tertiary/aromatic N) is 3. The van der Waals surface area contributed by atoms with Crippen molar-refractivity contribution in [2.75, 3.05) is 0 Å². The summed E-state index contributed by atoms with van der Waals surface area (Å²) in [7, 11) is 1.95. The van der Waals surface area contributed by atoms with E-state index in [-0.39, 0.29) is 0 Å². The Morgan fingerprint density at radius 2 is 2.27 bits per heavy atom. The van der Waals surface area contributed by atoms with E-state index in [1.54, 1.807) is 0 Å². The molecule has 0 radical (unpaired) electrons. The fourth-order valence-corrected chi connectivity index (χ4v) is 2.82. The van der Waals surface area contributed by atoms with Gasteiger partial charge in [0.2, 0.25) is 0 Å². The molecule has 1 aromatic rings. The predicted molar refractivity (Wildman–Crippen MR) is 61.0 cm³/mol. The van der Waals surface area contributed by atoms with Crippen LogP contribution in [-0.4, -0.2) is 20.4 Å². The molecule has 1 aromatic heterocycles. The Balaban J connectivity index is 2.29. The smallest absolute Gasteiger partial charge is 0.0728 e. The van der Waals surface area contributed by atoms with Gasteiger partial charge in [0, 0.05) is 18.3 Å². The number of aromatic nitrogens is 3. The molecule has 2 unspecified atom stereocenters. The second-order valence-electron chi connectivity index (χ2n) is 5.20. The number of hydrogen-bond donors (Lipinski definition) is 0. The van der Waals surface area contributed by atoms with Crippen LogP contribution >= 0.6 is 11.6 Å². The van der Waals surface area contributed by atoms with Gasteiger partial charge in [-0.15, -0.1) is 16.7 Å². The van der Waals surface area contributed by atoms with E-state index < -0.39 is 0 Å². The van der Waals surface area contributed by atoms with Crippen molar-refractivity contribution in [2.45, 2.75) is 44.4 Å². The molecular formula is C11H18ClN3. The molecule has 4 heteroatoms. The molecule has 3 nitrogen and oxygen atoms in total. The average molecular weight is 228 g/mol. The van der Waals surface area contributed by atoms with Crippen molar-refractivity contribution in [2.24, 2.45) is 12.5 Å². The van der Waals surface area contributed by atoms with Gasteiger partial charge < -0.3 is 0 Å². The summed E-state index contributed by atoms with van der Waals surface area (Å²) in [5.41, 5.74) is 1.52. The molecule has 1 heterocycles. The van der Waals surface area contributed by atoms with Crippen molar-refractivity contribution >= 4 is 11.6 Å². The topological polar surface area (TPSA) is 30.7 Å². The number of halogens is 1. The maximum absolute atomic E-state index is 6.26. The first kappa shape index (κ1) is 10.9. The molecule has 2 rings (SSSR count). The molecule has 1 aliphatic rings. The van der Waals surface area contributed by atoms with Crippen LogP contribution in [0.4, 0.5) is 0 Å². The fourth-order valence-electron chi connectivity index (χ4n) is 2.53. The third-order valence-electron chi connectivity index (χ3n) is 3.64. The third kappa shape index (κ3) is 2.03. The van der Waals surface area contributed by atoms with Gasteiger partial charge in [-0.2, -0.15) is 0 Å². The molecule has 84 valence electrons. The first-order chi connectivity index (χ1) is 7.00. The third-order valence-corrected chi connectivity index (χ3v) is 4.04. The molecule has 0 spiro atoms. The zero-order chi connectivity index (χ0) is 11.1. The first-order valence-corrected chi connectivity index (χ1v) is 5.93. The molecule has 0 aliphatic heterocycles. The lowest BCUT2D eigenvalue weighted by molar-refractivity contribution is 0.195. The van der Waals surface area contributed by atoms with E-state index in [0.29, 0.717) is 16.7 Å². The SMILES string of the molecule is Cn1nncc1C1CC(Cl)CCC1(C)C. The van der Waals surface area contributed by atoms with Crippen LogP contribution in [0.2, 0.25) is 0 Å². The lowest BCUT2D eigenvalue weighted by atomic mass is 9.67. The van der Waals surface area contributed by atoms with Crippen molar-refractivity contribution in [3.8, 4) is 0 Å². The Morgan fingerprint density at radius 1 is 1.53 bits per heavy atom. The largest absolute Gasteiger partial charge is 0.252 e. The molecule has 1 fully saturated rings. The van der Waals surface area contributed by atoms with Crippen molar-refractivity contribution in [3.05, 3.63) is 11.9 Å². The van der Waals surface area contributed by atoms with E-state index in [1.807, 2.05) is 17.9 Å². The Kier molecular flexibility index (Phi) is 2.75. The van der Waals surface area contributed by atoms with Gasteiger partial charge in [-0.05, 0) is 24.7 Å². The van der Waals surface area contributed by atoms with E-state index in [1.165, 1.54) is 12.1 Å². The van der Waals surface area contributed by atoms with Gasteiger partial charge in [-0.1, -0.05) is 19.1 Å². The lowest BCUT2D eigenvalue weighted by Crippen LogP contribution is -2.31. The molecule has 15 heavy (non-hydrogen) atoms. The summed E-state index contributed by atoms with van der Waals surface area (Å²) in [5, 5.41) is 8.27. The molecular weight excluding hydrogens is 210 g/mol. The lowest BCUT2D eigenvalue weighted by Gasteiger charge is -2.40. The first-order valence-electron chi connectivity index (χ1n) is 5.49. The van der Waals surface area contributed by atoms with Crippen molar-refractivity contribution in [3.63, 3.8) is 0 Å². The van der Waals surface area contributed by atoms with Crippen LogP contribution in [0.5, 0.6) is 0 Å². The summed E-state index contributed by atoms with van der Waals surface area (Å²) in [5.74, 6) is 0.480. The Labute approximate surface area is 95.8 Å². The normalized spacial score (nSPS) is 30.4. The Hall–Kier alpha value is -0.570. The number of aryl methyl sites for hydroxylation is 1. The Morgan fingerprint density at radius 3 is 2.87 bits per heavy atom. The van der Waals surface area contributed by atoms with E-state index in [2.05, 4.69) is 24.2 Å². The molecule has 1 aliphatic carbocycles. The van der Waals surface area contributed by atoms with Crippen LogP contribution in [0.3, 0.4) is 0 Å². The fraction of sp³-hybridized carbons (Fsp3) is 0.818. The van der Waals surface area contributed by atoms with E-state index in [4.69, 9.17) is 11.6 Å². The highest BCUT2D eigenvalue weighted by Crippen LogP contribution is 2.47. The van der Waals surface area contributed by atoms with Crippen LogP contribution in [0.1, 0.15) is 44.7 Å². The summed E-state index contributed by atoms with van der Waals surface area (Å²) in [6.07, 6.45) is 5.21. The minimum Gasteiger partial charge on any atom is -0.252 e. The standard InChI is InChI=1S/C11H18ClN3/c1-11(2)5-4-8(12)6-9(11)10-7-13-14-15(10)3/h7-9H,4-6H2,1-3H3. The van der Waals surface area contributed by atoms with Gasteiger partial charge in [-0.3, -0.25) is 4.68 Å². The van der Waals surface area contributed by atoms with Crippen molar-refractivity contribution < 1.29 is 0 Å². The van der Waals surface area contributed by atoms with Gasteiger partial charge in [0.15, 0.2) is 0 Å². The molecule has 2 atom stereocenters. The zero-order valence-corrected chi connectivity index (χ0v) is 10.3. The minimum atomic E-state index is 0.304. The van der Waals surface area contributed by atoms with Gasteiger partial charge >= 0.3 is 0 Å². The summed E-state index contributed by atoms with van der Waals surface area (Å²) < 4.78 is 1.88. The number of hydrogen-bond acceptors (Lipinski definition) is 2. The molecule has 0 saturated heterocycles. The molecule has 0 amide bonds. The van der Waals surface area contributed by atoms with E-state index >= 15 is 0 Å². The minimum absolute atomic E-state index is 0.304. The second-order valence-corrected chi connectivity index (χ2v) is 5.81. The maximum atomic E-state index is 6.26. The molecule has 1 saturated carbocycles. The van der Waals surface area contributed by atoms with Crippen LogP contribution in [0.15, 0.2) is 6.20 Å². The van der Waals surface area contributed by atoms with Crippen LogP contribution < -0.4 is 0 Å². The highest BCUT2D eigenvalue weighted by atomic mass is 35.5. The maximum Gasteiger partial charge on any atom is 0.0728 e. The summed E-state index contributed by atoms with van der Waals surface area (Å²) >= 11 is 6.26. The second kappa shape index (κ2) is 3.78. The predicted octanol–water partition coefficient (Wildman–Crippen LogP) is 2.72. The molecule has 0 N–H and O–H groups in total. The Bertz CT molecular complexity index is 345. The summed E-state index contributed by atoms with van der Waals surface area (Å²) in [4.78, 5) is 0. The van der Waals surface area contributed by atoms with E-state index in [9.17, 15) is 0 Å². The van der Waals surface area contributed by atoms with Crippen LogP contribution in [0.25, 0.3) is 0 Å². The van der Waals surface area contributed by atoms with Gasteiger partial charge in [0.05, 0.1) is 11.9 Å².